The number of carbonyl (C=O) groups is 2. The van der Waals surface area contributed by atoms with Crippen molar-refractivity contribution in [1.82, 2.24) is 9.80 Å². The van der Waals surface area contributed by atoms with Gasteiger partial charge in [0.15, 0.2) is 0 Å². The fraction of sp³-hybridized carbons (Fsp3) is 0.882. The molecule has 2 aliphatic rings. The quantitative estimate of drug-likeness (QED) is 0.656. The topological polar surface area (TPSA) is 123 Å². The molecule has 0 atom stereocenters. The third-order valence-corrected chi connectivity index (χ3v) is 3.95. The van der Waals surface area contributed by atoms with Crippen molar-refractivity contribution in [2.24, 2.45) is 0 Å². The second-order valence-electron chi connectivity index (χ2n) is 8.85. The van der Waals surface area contributed by atoms with Crippen molar-refractivity contribution >= 4 is 22.3 Å². The number of rotatable bonds is 2. The Morgan fingerprint density at radius 1 is 0.857 bits per heavy atom. The van der Waals surface area contributed by atoms with Crippen molar-refractivity contribution in [2.75, 3.05) is 32.4 Å². The summed E-state index contributed by atoms with van der Waals surface area (Å²) in [6, 6.07) is 0. The highest BCUT2D eigenvalue weighted by Gasteiger charge is 2.36. The van der Waals surface area contributed by atoms with Gasteiger partial charge in [-0.15, -0.1) is 0 Å². The van der Waals surface area contributed by atoms with Crippen LogP contribution in [0.1, 0.15) is 41.5 Å². The maximum atomic E-state index is 11.5. The summed E-state index contributed by atoms with van der Waals surface area (Å²) >= 11 is 0. The molecule has 10 nitrogen and oxygen atoms in total. The van der Waals surface area contributed by atoms with E-state index in [4.69, 9.17) is 18.8 Å². The standard InChI is InChI=1S/C9H17NO5S.C8H15NO3/c1-9(2,3)14-8(11)10-5-7(6-10)15-16(4,12)13;1-8(2,3)12-7(11)9-4-6(10)5-9/h7H,5-6H2,1-4H3;6,10H,4-5H2,1-3H3. The van der Waals surface area contributed by atoms with E-state index in [1.54, 1.807) is 20.8 Å². The second-order valence-corrected chi connectivity index (χ2v) is 10.4. The van der Waals surface area contributed by atoms with Crippen LogP contribution in [-0.4, -0.2) is 91.4 Å². The molecule has 11 heteroatoms. The van der Waals surface area contributed by atoms with E-state index in [0.717, 1.165) is 6.26 Å². The molecule has 2 heterocycles. The van der Waals surface area contributed by atoms with Crippen LogP contribution in [0, 0.1) is 0 Å². The van der Waals surface area contributed by atoms with Crippen molar-refractivity contribution < 1.29 is 36.8 Å². The van der Waals surface area contributed by atoms with Gasteiger partial charge < -0.3 is 24.4 Å². The molecule has 0 aromatic heterocycles. The first-order chi connectivity index (χ1) is 12.5. The SMILES string of the molecule is CC(C)(C)OC(=O)N1CC(O)C1.CC(C)(C)OC(=O)N1CC(OS(C)(=O)=O)C1. The summed E-state index contributed by atoms with van der Waals surface area (Å²) in [6.07, 6.45) is -0.600. The second kappa shape index (κ2) is 8.83. The summed E-state index contributed by atoms with van der Waals surface area (Å²) in [4.78, 5) is 25.5. The molecule has 2 fully saturated rings. The van der Waals surface area contributed by atoms with Crippen LogP contribution in [0.15, 0.2) is 0 Å². The van der Waals surface area contributed by atoms with Gasteiger partial charge in [-0.25, -0.2) is 9.59 Å². The lowest BCUT2D eigenvalue weighted by Crippen LogP contribution is -2.56. The highest BCUT2D eigenvalue weighted by Crippen LogP contribution is 2.18. The third kappa shape index (κ3) is 9.56. The van der Waals surface area contributed by atoms with E-state index in [-0.39, 0.29) is 25.3 Å². The Labute approximate surface area is 166 Å². The summed E-state index contributed by atoms with van der Waals surface area (Å²) in [6.45, 7) is 12.1. The molecule has 1 N–H and O–H groups in total. The van der Waals surface area contributed by atoms with Crippen molar-refractivity contribution in [3.63, 3.8) is 0 Å². The Kier molecular flexibility index (Phi) is 7.71. The molecular formula is C17H32N2O8S. The Morgan fingerprint density at radius 2 is 1.21 bits per heavy atom. The first-order valence-electron chi connectivity index (χ1n) is 8.97. The van der Waals surface area contributed by atoms with E-state index >= 15 is 0 Å². The molecule has 2 saturated heterocycles. The predicted molar refractivity (Wildman–Crippen MR) is 101 cm³/mol. The first-order valence-corrected chi connectivity index (χ1v) is 10.8. The summed E-state index contributed by atoms with van der Waals surface area (Å²) in [7, 11) is -3.45. The number of likely N-dealkylation sites (tertiary alicyclic amines) is 2. The largest absolute Gasteiger partial charge is 0.444 e. The van der Waals surface area contributed by atoms with Crippen LogP contribution in [-0.2, 0) is 23.8 Å². The van der Waals surface area contributed by atoms with Crippen LogP contribution >= 0.6 is 0 Å². The van der Waals surface area contributed by atoms with E-state index in [0.29, 0.717) is 13.1 Å². The van der Waals surface area contributed by atoms with Crippen molar-refractivity contribution in [2.45, 2.75) is 65.0 Å². The van der Waals surface area contributed by atoms with Crippen LogP contribution in [0.5, 0.6) is 0 Å². The lowest BCUT2D eigenvalue weighted by Gasteiger charge is -2.38. The van der Waals surface area contributed by atoms with Gasteiger partial charge in [-0.2, -0.15) is 8.42 Å². The predicted octanol–water partition coefficient (Wildman–Crippen LogP) is 1.18. The minimum Gasteiger partial charge on any atom is -0.444 e. The summed E-state index contributed by atoms with van der Waals surface area (Å²) in [5, 5.41) is 8.92. The number of amides is 2. The number of hydrogen-bond acceptors (Lipinski definition) is 8. The molecule has 0 aromatic rings. The van der Waals surface area contributed by atoms with Gasteiger partial charge >= 0.3 is 12.2 Å². The molecule has 0 spiro atoms. The molecule has 0 aromatic carbocycles. The number of aliphatic hydroxyl groups is 1. The average Bonchev–Trinajstić information content (AvgIpc) is 2.34. The fourth-order valence-corrected chi connectivity index (χ4v) is 2.77. The van der Waals surface area contributed by atoms with Gasteiger partial charge in [-0.3, -0.25) is 4.18 Å². The lowest BCUT2D eigenvalue weighted by atomic mass is 10.2. The Bertz CT molecular complexity index is 654. The van der Waals surface area contributed by atoms with Crippen LogP contribution in [0.25, 0.3) is 0 Å². The molecular weight excluding hydrogens is 392 g/mol. The van der Waals surface area contributed by atoms with Crippen LogP contribution in [0.4, 0.5) is 9.59 Å². The number of β-amino-alcohol motifs (C(OH)–C–C–N with tert-alkyl or cyclic N) is 1. The van der Waals surface area contributed by atoms with Gasteiger partial charge in [0.1, 0.15) is 17.3 Å². The zero-order valence-corrected chi connectivity index (χ0v) is 18.4. The number of hydrogen-bond donors (Lipinski definition) is 1. The Morgan fingerprint density at radius 3 is 1.50 bits per heavy atom. The van der Waals surface area contributed by atoms with Crippen molar-refractivity contribution in [3.8, 4) is 0 Å². The van der Waals surface area contributed by atoms with Crippen molar-refractivity contribution in [3.05, 3.63) is 0 Å². The van der Waals surface area contributed by atoms with E-state index < -0.39 is 33.5 Å². The molecule has 0 saturated carbocycles. The number of carbonyl (C=O) groups excluding carboxylic acids is 2. The minimum absolute atomic E-state index is 0.252. The summed E-state index contributed by atoms with van der Waals surface area (Å²) in [5.41, 5.74) is -0.989. The molecule has 164 valence electrons. The summed E-state index contributed by atoms with van der Waals surface area (Å²) in [5.74, 6) is 0. The summed E-state index contributed by atoms with van der Waals surface area (Å²) < 4.78 is 36.4. The van der Waals surface area contributed by atoms with E-state index in [9.17, 15) is 18.0 Å². The number of nitrogens with zero attached hydrogens (tertiary/aromatic N) is 2. The van der Waals surface area contributed by atoms with Gasteiger partial charge in [0.2, 0.25) is 0 Å². The number of aliphatic hydroxyl groups excluding tert-OH is 1. The number of ether oxygens (including phenoxy) is 2. The molecule has 28 heavy (non-hydrogen) atoms. The van der Waals surface area contributed by atoms with Crippen LogP contribution in [0.3, 0.4) is 0 Å². The monoisotopic (exact) mass is 424 g/mol. The van der Waals surface area contributed by atoms with Gasteiger partial charge in [0, 0.05) is 0 Å². The Balaban J connectivity index is 0.000000292. The smallest absolute Gasteiger partial charge is 0.410 e. The fourth-order valence-electron chi connectivity index (χ4n) is 2.15. The third-order valence-electron chi connectivity index (χ3n) is 3.32. The van der Waals surface area contributed by atoms with E-state index in [2.05, 4.69) is 0 Å². The molecule has 0 unspecified atom stereocenters. The molecule has 2 rings (SSSR count). The highest BCUT2D eigenvalue weighted by atomic mass is 32.2. The normalized spacial score (nSPS) is 18.4. The van der Waals surface area contributed by atoms with Gasteiger partial charge in [0.05, 0.1) is 38.5 Å². The van der Waals surface area contributed by atoms with Gasteiger partial charge in [-0.05, 0) is 41.5 Å². The highest BCUT2D eigenvalue weighted by molar-refractivity contribution is 7.86. The Hall–Kier alpha value is -1.59. The van der Waals surface area contributed by atoms with Gasteiger partial charge in [-0.1, -0.05) is 0 Å². The maximum Gasteiger partial charge on any atom is 0.410 e. The molecule has 2 aliphatic heterocycles. The first kappa shape index (κ1) is 24.4. The van der Waals surface area contributed by atoms with E-state index in [1.807, 2.05) is 20.8 Å². The van der Waals surface area contributed by atoms with E-state index in [1.165, 1.54) is 9.80 Å². The van der Waals surface area contributed by atoms with Crippen LogP contribution in [0.2, 0.25) is 0 Å². The molecule has 0 aliphatic carbocycles. The molecule has 0 bridgehead atoms. The maximum absolute atomic E-state index is 11.5. The molecule has 0 radical (unpaired) electrons. The zero-order chi connectivity index (χ0) is 21.9. The van der Waals surface area contributed by atoms with Gasteiger partial charge in [0.25, 0.3) is 10.1 Å². The van der Waals surface area contributed by atoms with Crippen molar-refractivity contribution in [1.29, 1.82) is 0 Å². The molecule has 2 amide bonds. The van der Waals surface area contributed by atoms with Crippen LogP contribution < -0.4 is 0 Å². The minimum atomic E-state index is -3.45. The average molecular weight is 425 g/mol. The zero-order valence-electron chi connectivity index (χ0n) is 17.6. The lowest BCUT2D eigenvalue weighted by molar-refractivity contribution is -0.0303.